The molecule has 1 aliphatic heterocycles. The van der Waals surface area contributed by atoms with E-state index in [1.54, 1.807) is 38.2 Å². The number of rotatable bonds is 5. The molecule has 0 spiro atoms. The van der Waals surface area contributed by atoms with Crippen LogP contribution < -0.4 is 5.32 Å². The SMILES string of the molecule is CN(Cc1ccccc1)C(=O)CN1C(=O)N[C@](C)(c2cccc(C#N)c2)C1=O. The van der Waals surface area contributed by atoms with Crippen LogP contribution in [0.1, 0.15) is 23.6 Å². The number of nitrogens with one attached hydrogen (secondary N) is 1. The third-order valence-electron chi connectivity index (χ3n) is 4.83. The van der Waals surface area contributed by atoms with Crippen molar-refractivity contribution in [2.75, 3.05) is 13.6 Å². The highest BCUT2D eigenvalue weighted by atomic mass is 16.2. The molecule has 4 amide bonds. The van der Waals surface area contributed by atoms with E-state index in [2.05, 4.69) is 5.32 Å². The number of benzene rings is 2. The molecule has 1 fully saturated rings. The van der Waals surface area contributed by atoms with Crippen LogP contribution in [0.2, 0.25) is 0 Å². The molecule has 0 aliphatic carbocycles. The third kappa shape index (κ3) is 3.58. The summed E-state index contributed by atoms with van der Waals surface area (Å²) in [5.41, 5.74) is 0.520. The lowest BCUT2D eigenvalue weighted by atomic mass is 9.91. The van der Waals surface area contributed by atoms with Crippen LogP contribution in [0.15, 0.2) is 54.6 Å². The fourth-order valence-corrected chi connectivity index (χ4v) is 3.14. The summed E-state index contributed by atoms with van der Waals surface area (Å²) in [4.78, 5) is 40.3. The van der Waals surface area contributed by atoms with Gasteiger partial charge >= 0.3 is 6.03 Å². The molecule has 28 heavy (non-hydrogen) atoms. The fourth-order valence-electron chi connectivity index (χ4n) is 3.14. The van der Waals surface area contributed by atoms with Crippen molar-refractivity contribution >= 4 is 17.8 Å². The predicted molar refractivity (Wildman–Crippen MR) is 102 cm³/mol. The molecule has 0 bridgehead atoms. The van der Waals surface area contributed by atoms with Crippen LogP contribution in [0.25, 0.3) is 0 Å². The van der Waals surface area contributed by atoms with Crippen molar-refractivity contribution in [3.05, 3.63) is 71.3 Å². The Balaban J connectivity index is 1.74. The lowest BCUT2D eigenvalue weighted by molar-refractivity contribution is -0.138. The van der Waals surface area contributed by atoms with Crippen LogP contribution >= 0.6 is 0 Å². The Kier molecular flexibility index (Phi) is 5.14. The molecule has 0 radical (unpaired) electrons. The molecule has 7 nitrogen and oxygen atoms in total. The second-order valence-electron chi connectivity index (χ2n) is 6.87. The Morgan fingerprint density at radius 2 is 1.89 bits per heavy atom. The maximum absolute atomic E-state index is 12.9. The fraction of sp³-hybridized carbons (Fsp3) is 0.238. The van der Waals surface area contributed by atoms with E-state index in [1.165, 1.54) is 4.90 Å². The number of amides is 4. The molecule has 142 valence electrons. The van der Waals surface area contributed by atoms with Gasteiger partial charge in [0.2, 0.25) is 5.91 Å². The largest absolute Gasteiger partial charge is 0.340 e. The Labute approximate surface area is 163 Å². The number of likely N-dealkylation sites (N-methyl/N-ethyl adjacent to an activating group) is 1. The van der Waals surface area contributed by atoms with Gasteiger partial charge < -0.3 is 10.2 Å². The molecule has 0 aromatic heterocycles. The number of urea groups is 1. The number of nitriles is 1. The summed E-state index contributed by atoms with van der Waals surface area (Å²) >= 11 is 0. The van der Waals surface area contributed by atoms with E-state index in [4.69, 9.17) is 5.26 Å². The minimum absolute atomic E-state index is 0.345. The molecule has 0 saturated carbocycles. The van der Waals surface area contributed by atoms with Gasteiger partial charge in [-0.15, -0.1) is 0 Å². The first-order valence-electron chi connectivity index (χ1n) is 8.78. The first-order chi connectivity index (χ1) is 13.3. The summed E-state index contributed by atoms with van der Waals surface area (Å²) in [5, 5.41) is 11.7. The summed E-state index contributed by atoms with van der Waals surface area (Å²) in [6, 6.07) is 17.3. The third-order valence-corrected chi connectivity index (χ3v) is 4.83. The quantitative estimate of drug-likeness (QED) is 0.808. The summed E-state index contributed by atoms with van der Waals surface area (Å²) in [6.07, 6.45) is 0. The van der Waals surface area contributed by atoms with Crippen molar-refractivity contribution in [2.45, 2.75) is 19.0 Å². The highest BCUT2D eigenvalue weighted by Crippen LogP contribution is 2.29. The van der Waals surface area contributed by atoms with E-state index in [9.17, 15) is 14.4 Å². The van der Waals surface area contributed by atoms with Gasteiger partial charge in [0.05, 0.1) is 11.6 Å². The number of carbonyl (C=O) groups is 3. The van der Waals surface area contributed by atoms with Crippen molar-refractivity contribution in [1.29, 1.82) is 5.26 Å². The summed E-state index contributed by atoms with van der Waals surface area (Å²) in [5.74, 6) is -0.864. The number of hydrogen-bond donors (Lipinski definition) is 1. The van der Waals surface area contributed by atoms with Gasteiger partial charge in [0, 0.05) is 13.6 Å². The minimum atomic E-state index is -1.32. The topological polar surface area (TPSA) is 93.5 Å². The first kappa shape index (κ1) is 19.1. The zero-order valence-electron chi connectivity index (χ0n) is 15.7. The summed E-state index contributed by atoms with van der Waals surface area (Å²) in [7, 11) is 1.63. The first-order valence-corrected chi connectivity index (χ1v) is 8.78. The average molecular weight is 376 g/mol. The summed E-state index contributed by atoms with van der Waals surface area (Å²) < 4.78 is 0. The van der Waals surface area contributed by atoms with Crippen LogP contribution in [0.5, 0.6) is 0 Å². The smallest absolute Gasteiger partial charge is 0.325 e. The van der Waals surface area contributed by atoms with Crippen LogP contribution in [0.4, 0.5) is 4.79 Å². The van der Waals surface area contributed by atoms with Crippen LogP contribution in [-0.4, -0.2) is 41.2 Å². The van der Waals surface area contributed by atoms with Gasteiger partial charge in [-0.3, -0.25) is 14.5 Å². The van der Waals surface area contributed by atoms with E-state index in [0.717, 1.165) is 10.5 Å². The molecule has 1 heterocycles. The Bertz CT molecular complexity index is 967. The number of hydrogen-bond acceptors (Lipinski definition) is 4. The van der Waals surface area contributed by atoms with Crippen LogP contribution in [0.3, 0.4) is 0 Å². The van der Waals surface area contributed by atoms with Gasteiger partial charge in [0.15, 0.2) is 0 Å². The van der Waals surface area contributed by atoms with E-state index >= 15 is 0 Å². The molecular weight excluding hydrogens is 356 g/mol. The van der Waals surface area contributed by atoms with Crippen LogP contribution in [0, 0.1) is 11.3 Å². The minimum Gasteiger partial charge on any atom is -0.340 e. The van der Waals surface area contributed by atoms with E-state index in [1.807, 2.05) is 36.4 Å². The van der Waals surface area contributed by atoms with Crippen LogP contribution in [-0.2, 0) is 21.7 Å². The lowest BCUT2D eigenvalue weighted by Crippen LogP contribution is -2.43. The van der Waals surface area contributed by atoms with Crippen molar-refractivity contribution in [3.8, 4) is 6.07 Å². The Morgan fingerprint density at radius 3 is 2.57 bits per heavy atom. The Hall–Kier alpha value is -3.66. The zero-order chi connectivity index (χ0) is 20.3. The number of nitrogens with zero attached hydrogens (tertiary/aromatic N) is 3. The summed E-state index contributed by atoms with van der Waals surface area (Å²) in [6.45, 7) is 1.61. The van der Waals surface area contributed by atoms with Crippen molar-refractivity contribution in [2.24, 2.45) is 0 Å². The molecule has 2 aromatic rings. The van der Waals surface area contributed by atoms with Gasteiger partial charge in [0.1, 0.15) is 12.1 Å². The van der Waals surface area contributed by atoms with Crippen molar-refractivity contribution in [3.63, 3.8) is 0 Å². The van der Waals surface area contributed by atoms with Gasteiger partial charge in [-0.2, -0.15) is 5.26 Å². The van der Waals surface area contributed by atoms with Gasteiger partial charge in [-0.1, -0.05) is 42.5 Å². The number of imide groups is 1. The van der Waals surface area contributed by atoms with E-state index < -0.39 is 17.5 Å². The second-order valence-corrected chi connectivity index (χ2v) is 6.87. The molecule has 1 atom stereocenters. The normalized spacial score (nSPS) is 18.5. The molecule has 0 unspecified atom stereocenters. The van der Waals surface area contributed by atoms with Crippen molar-refractivity contribution < 1.29 is 14.4 Å². The van der Waals surface area contributed by atoms with E-state index in [-0.39, 0.29) is 12.5 Å². The average Bonchev–Trinajstić information content (AvgIpc) is 2.92. The maximum Gasteiger partial charge on any atom is 0.325 e. The monoisotopic (exact) mass is 376 g/mol. The molecule has 2 aromatic carbocycles. The maximum atomic E-state index is 12.9. The molecular formula is C21H20N4O3. The molecule has 7 heteroatoms. The molecule has 1 N–H and O–H groups in total. The predicted octanol–water partition coefficient (Wildman–Crippen LogP) is 1.98. The molecule has 1 saturated heterocycles. The standard InChI is InChI=1S/C21H20N4O3/c1-21(17-10-6-9-16(11-17)12-22)19(27)25(20(28)23-21)14-18(26)24(2)13-15-7-4-3-5-8-15/h3-11H,13-14H2,1-2H3,(H,23,28)/t21-/m1/s1. The highest BCUT2D eigenvalue weighted by Gasteiger charge is 2.49. The lowest BCUT2D eigenvalue weighted by Gasteiger charge is -2.23. The van der Waals surface area contributed by atoms with Gasteiger partial charge in [0.25, 0.3) is 5.91 Å². The van der Waals surface area contributed by atoms with E-state index in [0.29, 0.717) is 17.7 Å². The zero-order valence-corrected chi connectivity index (χ0v) is 15.7. The molecule has 1 aliphatic rings. The van der Waals surface area contributed by atoms with Crippen molar-refractivity contribution in [1.82, 2.24) is 15.1 Å². The highest BCUT2D eigenvalue weighted by molar-refractivity contribution is 6.09. The van der Waals surface area contributed by atoms with Gasteiger partial charge in [-0.05, 0) is 30.2 Å². The van der Waals surface area contributed by atoms with Gasteiger partial charge in [-0.25, -0.2) is 4.79 Å². The second kappa shape index (κ2) is 7.53. The Morgan fingerprint density at radius 1 is 1.18 bits per heavy atom. The number of carbonyl (C=O) groups excluding carboxylic acids is 3. The molecule has 3 rings (SSSR count).